The van der Waals surface area contributed by atoms with Crippen LogP contribution in [0.2, 0.25) is 0 Å². The minimum Gasteiger partial charge on any atom is -0.497 e. The first-order valence-corrected chi connectivity index (χ1v) is 11.1. The third-order valence-electron chi connectivity index (χ3n) is 4.70. The SMILES string of the molecule is CCOc1ccc(Nc2cc(C)nc(NC(=S)N[C@@H](CC(=O)O)c3cccc(OC)c3)n2)cc1. The first-order valence-electron chi connectivity index (χ1n) is 10.6. The first-order chi connectivity index (χ1) is 16.4. The van der Waals surface area contributed by atoms with E-state index in [4.69, 9.17) is 21.7 Å². The normalized spacial score (nSPS) is 11.3. The van der Waals surface area contributed by atoms with Gasteiger partial charge in [-0.1, -0.05) is 12.1 Å². The molecule has 0 spiro atoms. The zero-order chi connectivity index (χ0) is 24.5. The van der Waals surface area contributed by atoms with E-state index in [0.717, 1.165) is 22.7 Å². The molecule has 1 atom stereocenters. The van der Waals surface area contributed by atoms with Gasteiger partial charge in [0.15, 0.2) is 5.11 Å². The van der Waals surface area contributed by atoms with Gasteiger partial charge in [-0.25, -0.2) is 4.98 Å². The molecule has 0 saturated carbocycles. The van der Waals surface area contributed by atoms with Crippen molar-refractivity contribution >= 4 is 40.8 Å². The van der Waals surface area contributed by atoms with Crippen LogP contribution >= 0.6 is 12.2 Å². The molecule has 0 fully saturated rings. The number of carboxylic acid groups (broad SMARTS) is 1. The monoisotopic (exact) mass is 481 g/mol. The van der Waals surface area contributed by atoms with Crippen LogP contribution in [0.1, 0.15) is 30.6 Å². The smallest absolute Gasteiger partial charge is 0.305 e. The summed E-state index contributed by atoms with van der Waals surface area (Å²) in [7, 11) is 1.55. The van der Waals surface area contributed by atoms with Gasteiger partial charge in [-0.15, -0.1) is 0 Å². The van der Waals surface area contributed by atoms with Gasteiger partial charge in [0.25, 0.3) is 0 Å². The quantitative estimate of drug-likeness (QED) is 0.310. The Balaban J connectivity index is 1.71. The molecule has 0 aliphatic heterocycles. The average molecular weight is 482 g/mol. The summed E-state index contributed by atoms with van der Waals surface area (Å²) in [6, 6.07) is 15.9. The number of aryl methyl sites for hydroxylation is 1. The molecule has 2 aromatic carbocycles. The molecular formula is C24H27N5O4S. The highest BCUT2D eigenvalue weighted by Gasteiger charge is 2.18. The fraction of sp³-hybridized carbons (Fsp3) is 0.250. The number of hydrogen-bond donors (Lipinski definition) is 4. The maximum atomic E-state index is 11.4. The molecule has 4 N–H and O–H groups in total. The second kappa shape index (κ2) is 11.8. The van der Waals surface area contributed by atoms with E-state index in [-0.39, 0.29) is 17.5 Å². The fourth-order valence-electron chi connectivity index (χ4n) is 3.22. The van der Waals surface area contributed by atoms with Crippen molar-refractivity contribution in [1.29, 1.82) is 0 Å². The number of rotatable bonds is 10. The van der Waals surface area contributed by atoms with Gasteiger partial charge < -0.3 is 30.5 Å². The van der Waals surface area contributed by atoms with E-state index in [1.54, 1.807) is 25.3 Å². The Hall–Kier alpha value is -3.92. The number of carbonyl (C=O) groups is 1. The molecule has 0 amide bonds. The van der Waals surface area contributed by atoms with Crippen molar-refractivity contribution in [1.82, 2.24) is 15.3 Å². The fourth-order valence-corrected chi connectivity index (χ4v) is 3.45. The number of benzene rings is 2. The highest BCUT2D eigenvalue weighted by molar-refractivity contribution is 7.80. The number of hydrogen-bond acceptors (Lipinski definition) is 7. The second-order valence-corrected chi connectivity index (χ2v) is 7.73. The van der Waals surface area contributed by atoms with E-state index in [1.165, 1.54) is 0 Å². The third kappa shape index (κ3) is 7.31. The van der Waals surface area contributed by atoms with Crippen molar-refractivity contribution in [2.45, 2.75) is 26.3 Å². The Bertz CT molecular complexity index is 1140. The van der Waals surface area contributed by atoms with Crippen LogP contribution in [0.3, 0.4) is 0 Å². The van der Waals surface area contributed by atoms with Crippen molar-refractivity contribution in [3.8, 4) is 11.5 Å². The summed E-state index contributed by atoms with van der Waals surface area (Å²) in [5.41, 5.74) is 2.30. The van der Waals surface area contributed by atoms with Gasteiger partial charge in [-0.05, 0) is 68.0 Å². The zero-order valence-corrected chi connectivity index (χ0v) is 20.0. The minimum atomic E-state index is -0.961. The van der Waals surface area contributed by atoms with Crippen molar-refractivity contribution in [2.24, 2.45) is 0 Å². The summed E-state index contributed by atoms with van der Waals surface area (Å²) < 4.78 is 10.7. The van der Waals surface area contributed by atoms with E-state index in [1.807, 2.05) is 50.2 Å². The van der Waals surface area contributed by atoms with Crippen molar-refractivity contribution in [3.05, 3.63) is 65.9 Å². The third-order valence-corrected chi connectivity index (χ3v) is 4.92. The van der Waals surface area contributed by atoms with Gasteiger partial charge in [0, 0.05) is 17.4 Å². The number of thiocarbonyl (C=S) groups is 1. The molecule has 1 aromatic heterocycles. The number of aromatic nitrogens is 2. The molecule has 178 valence electrons. The van der Waals surface area contributed by atoms with E-state index < -0.39 is 12.0 Å². The predicted molar refractivity (Wildman–Crippen MR) is 135 cm³/mol. The van der Waals surface area contributed by atoms with E-state index in [0.29, 0.717) is 18.2 Å². The van der Waals surface area contributed by atoms with Crippen LogP contribution < -0.4 is 25.4 Å². The van der Waals surface area contributed by atoms with Crippen LogP contribution in [0, 0.1) is 6.92 Å². The van der Waals surface area contributed by atoms with Crippen LogP contribution in [0.15, 0.2) is 54.6 Å². The van der Waals surface area contributed by atoms with Crippen LogP contribution in [0.4, 0.5) is 17.5 Å². The predicted octanol–water partition coefficient (Wildman–Crippen LogP) is 4.44. The highest BCUT2D eigenvalue weighted by Crippen LogP contribution is 2.23. The lowest BCUT2D eigenvalue weighted by molar-refractivity contribution is -0.137. The molecule has 0 bridgehead atoms. The number of methoxy groups -OCH3 is 1. The Kier molecular flexibility index (Phi) is 8.58. The topological polar surface area (TPSA) is 118 Å². The number of ether oxygens (including phenoxy) is 2. The minimum absolute atomic E-state index is 0.172. The molecule has 3 aromatic rings. The molecule has 10 heteroatoms. The molecule has 0 saturated heterocycles. The van der Waals surface area contributed by atoms with Crippen LogP contribution in [-0.4, -0.2) is 39.9 Å². The number of anilines is 3. The largest absolute Gasteiger partial charge is 0.497 e. The van der Waals surface area contributed by atoms with Gasteiger partial charge >= 0.3 is 5.97 Å². The standard InChI is InChI=1S/C24H27N5O4S/c1-4-33-18-10-8-17(9-11-18)26-21-12-15(2)25-23(28-21)29-24(34)27-20(14-22(30)31)16-6-5-7-19(13-16)32-3/h5-13,20H,4,14H2,1-3H3,(H,30,31)(H3,25,26,27,28,29,34)/t20-/m0/s1. The van der Waals surface area contributed by atoms with Crippen LogP contribution in [0.25, 0.3) is 0 Å². The summed E-state index contributed by atoms with van der Waals surface area (Å²) in [4.78, 5) is 20.3. The van der Waals surface area contributed by atoms with Crippen molar-refractivity contribution in [2.75, 3.05) is 24.4 Å². The molecule has 0 unspecified atom stereocenters. The Morgan fingerprint density at radius 2 is 1.88 bits per heavy atom. The molecule has 0 aliphatic carbocycles. The van der Waals surface area contributed by atoms with Gasteiger partial charge in [0.05, 0.1) is 26.2 Å². The van der Waals surface area contributed by atoms with Gasteiger partial charge in [0.2, 0.25) is 5.95 Å². The molecular weight excluding hydrogens is 454 g/mol. The summed E-state index contributed by atoms with van der Waals surface area (Å²) in [6.07, 6.45) is -0.172. The summed E-state index contributed by atoms with van der Waals surface area (Å²) in [5, 5.41) is 18.8. The number of carboxylic acids is 1. The summed E-state index contributed by atoms with van der Waals surface area (Å²) in [5.74, 6) is 1.32. The first kappa shape index (κ1) is 24.7. The van der Waals surface area contributed by atoms with E-state index in [9.17, 15) is 9.90 Å². The number of nitrogens with one attached hydrogen (secondary N) is 3. The lowest BCUT2D eigenvalue weighted by Crippen LogP contribution is -2.34. The molecule has 3 rings (SSSR count). The summed E-state index contributed by atoms with van der Waals surface area (Å²) >= 11 is 5.42. The summed E-state index contributed by atoms with van der Waals surface area (Å²) in [6.45, 7) is 4.38. The van der Waals surface area contributed by atoms with Crippen LogP contribution in [-0.2, 0) is 4.79 Å². The molecule has 0 aliphatic rings. The molecule has 34 heavy (non-hydrogen) atoms. The van der Waals surface area contributed by atoms with Gasteiger partial charge in [0.1, 0.15) is 17.3 Å². The van der Waals surface area contributed by atoms with E-state index in [2.05, 4.69) is 25.9 Å². The Morgan fingerprint density at radius 3 is 2.56 bits per heavy atom. The maximum absolute atomic E-state index is 11.4. The number of aliphatic carboxylic acids is 1. The van der Waals surface area contributed by atoms with Crippen molar-refractivity contribution < 1.29 is 19.4 Å². The molecule has 0 radical (unpaired) electrons. The average Bonchev–Trinajstić information content (AvgIpc) is 2.79. The zero-order valence-electron chi connectivity index (χ0n) is 19.2. The molecule has 9 nitrogen and oxygen atoms in total. The maximum Gasteiger partial charge on any atom is 0.305 e. The van der Waals surface area contributed by atoms with Crippen LogP contribution in [0.5, 0.6) is 11.5 Å². The lowest BCUT2D eigenvalue weighted by atomic mass is 10.0. The lowest BCUT2D eigenvalue weighted by Gasteiger charge is -2.20. The highest BCUT2D eigenvalue weighted by atomic mass is 32.1. The van der Waals surface area contributed by atoms with Crippen molar-refractivity contribution in [3.63, 3.8) is 0 Å². The van der Waals surface area contributed by atoms with Gasteiger partial charge in [-0.3, -0.25) is 4.79 Å². The second-order valence-electron chi connectivity index (χ2n) is 7.33. The van der Waals surface area contributed by atoms with Gasteiger partial charge in [-0.2, -0.15) is 4.98 Å². The Labute approximate surface area is 203 Å². The number of nitrogens with zero attached hydrogens (tertiary/aromatic N) is 2. The van der Waals surface area contributed by atoms with E-state index >= 15 is 0 Å². The molecule has 1 heterocycles. The Morgan fingerprint density at radius 1 is 1.12 bits per heavy atom.